The molecule has 1 aliphatic carbocycles. The van der Waals surface area contributed by atoms with E-state index in [2.05, 4.69) is 37.9 Å². The maximum absolute atomic E-state index is 11.6. The van der Waals surface area contributed by atoms with E-state index in [4.69, 9.17) is 5.11 Å². The molecule has 1 rings (SSSR count). The first-order valence-electron chi connectivity index (χ1n) is 6.60. The third-order valence-corrected chi connectivity index (χ3v) is 3.44. The number of rotatable bonds is 7. The second-order valence-electron chi connectivity index (χ2n) is 5.50. The number of nitrogens with zero attached hydrogens (tertiary/aromatic N) is 1. The number of hydrogen-bond acceptors (Lipinski definition) is 3. The Labute approximate surface area is 109 Å². The van der Waals surface area contributed by atoms with Crippen molar-refractivity contribution < 1.29 is 14.7 Å². The highest BCUT2D eigenvalue weighted by atomic mass is 16.4. The van der Waals surface area contributed by atoms with Crippen molar-refractivity contribution in [3.63, 3.8) is 0 Å². The van der Waals surface area contributed by atoms with Gasteiger partial charge in [0.15, 0.2) is 0 Å². The lowest BCUT2D eigenvalue weighted by Gasteiger charge is -2.30. The zero-order valence-corrected chi connectivity index (χ0v) is 11.6. The highest BCUT2D eigenvalue weighted by Gasteiger charge is 2.48. The summed E-state index contributed by atoms with van der Waals surface area (Å²) < 4.78 is 0. The molecule has 0 bridgehead atoms. The Kier molecular flexibility index (Phi) is 5.14. The highest BCUT2D eigenvalue weighted by molar-refractivity contribution is 5.89. The summed E-state index contributed by atoms with van der Waals surface area (Å²) >= 11 is 0. The zero-order chi connectivity index (χ0) is 13.9. The summed E-state index contributed by atoms with van der Waals surface area (Å²) in [6.45, 7) is 9.89. The maximum Gasteiger partial charge on any atom is 0.307 e. The van der Waals surface area contributed by atoms with Gasteiger partial charge < -0.3 is 10.4 Å². The molecule has 2 atom stereocenters. The number of hydrogen-bond donors (Lipinski definition) is 2. The standard InChI is InChI=1S/C13H24N2O3/c1-8(2)15(9(3)4)6-5-14-12(16)10-7-11(10)13(17)18/h8-11H,5-7H2,1-4H3,(H,14,16)(H,17,18)/t10-,11+/m1/s1. The molecule has 0 aliphatic heterocycles. The van der Waals surface area contributed by atoms with Crippen LogP contribution in [0.5, 0.6) is 0 Å². The van der Waals surface area contributed by atoms with E-state index in [0.29, 0.717) is 25.0 Å². The lowest BCUT2D eigenvalue weighted by atomic mass is 10.2. The van der Waals surface area contributed by atoms with Crippen LogP contribution in [0.1, 0.15) is 34.1 Å². The average molecular weight is 256 g/mol. The third-order valence-electron chi connectivity index (χ3n) is 3.44. The molecule has 1 saturated carbocycles. The Hall–Kier alpha value is -1.10. The first kappa shape index (κ1) is 15.0. The molecule has 5 heteroatoms. The van der Waals surface area contributed by atoms with E-state index in [-0.39, 0.29) is 11.8 Å². The highest BCUT2D eigenvalue weighted by Crippen LogP contribution is 2.38. The number of carbonyl (C=O) groups is 2. The van der Waals surface area contributed by atoms with E-state index in [0.717, 1.165) is 6.54 Å². The quantitative estimate of drug-likeness (QED) is 0.711. The second kappa shape index (κ2) is 6.18. The first-order valence-corrected chi connectivity index (χ1v) is 6.60. The van der Waals surface area contributed by atoms with Gasteiger partial charge in [0.25, 0.3) is 0 Å². The minimum Gasteiger partial charge on any atom is -0.481 e. The molecule has 104 valence electrons. The molecule has 2 N–H and O–H groups in total. The predicted octanol–water partition coefficient (Wildman–Crippen LogP) is 0.942. The largest absolute Gasteiger partial charge is 0.481 e. The van der Waals surface area contributed by atoms with E-state index in [1.165, 1.54) is 0 Å². The van der Waals surface area contributed by atoms with Crippen molar-refractivity contribution in [3.8, 4) is 0 Å². The Balaban J connectivity index is 2.25. The van der Waals surface area contributed by atoms with Gasteiger partial charge in [0.05, 0.1) is 11.8 Å². The molecule has 5 nitrogen and oxygen atoms in total. The molecule has 0 aromatic rings. The fraction of sp³-hybridized carbons (Fsp3) is 0.846. The minimum atomic E-state index is -0.860. The molecule has 0 unspecified atom stereocenters. The van der Waals surface area contributed by atoms with Crippen LogP contribution in [0.25, 0.3) is 0 Å². The monoisotopic (exact) mass is 256 g/mol. The number of carboxylic acids is 1. The molecule has 0 radical (unpaired) electrons. The van der Waals surface area contributed by atoms with Gasteiger partial charge in [-0.3, -0.25) is 14.5 Å². The summed E-state index contributed by atoms with van der Waals surface area (Å²) in [7, 11) is 0. The minimum absolute atomic E-state index is 0.116. The van der Waals surface area contributed by atoms with Crippen LogP contribution in [-0.4, -0.2) is 47.1 Å². The Morgan fingerprint density at radius 2 is 1.78 bits per heavy atom. The van der Waals surface area contributed by atoms with Crippen molar-refractivity contribution in [2.75, 3.05) is 13.1 Å². The molecular weight excluding hydrogens is 232 g/mol. The van der Waals surface area contributed by atoms with Crippen molar-refractivity contribution in [2.45, 2.75) is 46.2 Å². The van der Waals surface area contributed by atoms with Gasteiger partial charge in [-0.05, 0) is 34.1 Å². The average Bonchev–Trinajstić information content (AvgIpc) is 3.02. The number of amides is 1. The fourth-order valence-corrected chi connectivity index (χ4v) is 2.31. The molecule has 1 fully saturated rings. The Bertz CT molecular complexity index is 307. The van der Waals surface area contributed by atoms with Crippen molar-refractivity contribution in [1.29, 1.82) is 0 Å². The van der Waals surface area contributed by atoms with Crippen LogP contribution in [0, 0.1) is 11.8 Å². The molecular formula is C13H24N2O3. The van der Waals surface area contributed by atoms with E-state index in [1.54, 1.807) is 0 Å². The summed E-state index contributed by atoms with van der Waals surface area (Å²) in [4.78, 5) is 24.6. The number of aliphatic carboxylic acids is 1. The maximum atomic E-state index is 11.6. The van der Waals surface area contributed by atoms with Gasteiger partial charge >= 0.3 is 5.97 Å². The topological polar surface area (TPSA) is 69.6 Å². The Morgan fingerprint density at radius 1 is 1.22 bits per heavy atom. The first-order chi connectivity index (χ1) is 8.34. The lowest BCUT2D eigenvalue weighted by Crippen LogP contribution is -2.42. The predicted molar refractivity (Wildman–Crippen MR) is 69.2 cm³/mol. The van der Waals surface area contributed by atoms with Gasteiger partial charge in [-0.1, -0.05) is 0 Å². The van der Waals surface area contributed by atoms with E-state index in [9.17, 15) is 9.59 Å². The fourth-order valence-electron chi connectivity index (χ4n) is 2.31. The zero-order valence-electron chi connectivity index (χ0n) is 11.6. The normalized spacial score (nSPS) is 22.6. The van der Waals surface area contributed by atoms with Gasteiger partial charge in [-0.15, -0.1) is 0 Å². The van der Waals surface area contributed by atoms with Gasteiger partial charge in [0.1, 0.15) is 0 Å². The van der Waals surface area contributed by atoms with Crippen molar-refractivity contribution in [3.05, 3.63) is 0 Å². The summed E-state index contributed by atoms with van der Waals surface area (Å²) in [5, 5.41) is 11.6. The lowest BCUT2D eigenvalue weighted by molar-refractivity contribution is -0.140. The van der Waals surface area contributed by atoms with Gasteiger partial charge in [-0.25, -0.2) is 0 Å². The van der Waals surface area contributed by atoms with Crippen LogP contribution >= 0.6 is 0 Å². The third kappa shape index (κ3) is 3.98. The molecule has 1 aliphatic rings. The summed E-state index contributed by atoms with van der Waals surface area (Å²) in [6.07, 6.45) is 0.485. The van der Waals surface area contributed by atoms with Crippen molar-refractivity contribution >= 4 is 11.9 Å². The van der Waals surface area contributed by atoms with E-state index >= 15 is 0 Å². The smallest absolute Gasteiger partial charge is 0.307 e. The van der Waals surface area contributed by atoms with Gasteiger partial charge in [0, 0.05) is 25.2 Å². The Morgan fingerprint density at radius 3 is 2.17 bits per heavy atom. The molecule has 0 aromatic carbocycles. The molecule has 0 spiro atoms. The van der Waals surface area contributed by atoms with Gasteiger partial charge in [0.2, 0.25) is 5.91 Å². The van der Waals surface area contributed by atoms with Crippen LogP contribution in [0.2, 0.25) is 0 Å². The summed E-state index contributed by atoms with van der Waals surface area (Å²) in [6, 6.07) is 0.879. The van der Waals surface area contributed by atoms with E-state index in [1.807, 2.05) is 0 Å². The second-order valence-corrected chi connectivity index (χ2v) is 5.50. The SMILES string of the molecule is CC(C)N(CCNC(=O)[C@@H]1C[C@@H]1C(=O)O)C(C)C. The van der Waals surface area contributed by atoms with Crippen LogP contribution in [-0.2, 0) is 9.59 Å². The molecule has 1 amide bonds. The number of carboxylic acid groups (broad SMARTS) is 1. The van der Waals surface area contributed by atoms with Crippen LogP contribution in [0.4, 0.5) is 0 Å². The van der Waals surface area contributed by atoms with Gasteiger partial charge in [-0.2, -0.15) is 0 Å². The molecule has 0 heterocycles. The molecule has 0 saturated heterocycles. The number of carbonyl (C=O) groups excluding carboxylic acids is 1. The number of nitrogens with one attached hydrogen (secondary N) is 1. The molecule has 0 aromatic heterocycles. The van der Waals surface area contributed by atoms with Crippen LogP contribution in [0.15, 0.2) is 0 Å². The van der Waals surface area contributed by atoms with E-state index < -0.39 is 11.9 Å². The molecule has 18 heavy (non-hydrogen) atoms. The summed E-state index contributed by atoms with van der Waals surface area (Å²) in [5.74, 6) is -1.75. The van der Waals surface area contributed by atoms with Crippen molar-refractivity contribution in [2.24, 2.45) is 11.8 Å². The van der Waals surface area contributed by atoms with Crippen LogP contribution in [0.3, 0.4) is 0 Å². The summed E-state index contributed by atoms with van der Waals surface area (Å²) in [5.41, 5.74) is 0. The van der Waals surface area contributed by atoms with Crippen LogP contribution < -0.4 is 5.32 Å². The van der Waals surface area contributed by atoms with Crippen molar-refractivity contribution in [1.82, 2.24) is 10.2 Å².